The summed E-state index contributed by atoms with van der Waals surface area (Å²) in [5.41, 5.74) is 6.56. The largest absolute Gasteiger partial charge is 0.212 e. The molecular formula is C21H21FN+. The lowest BCUT2D eigenvalue weighted by Gasteiger charge is -2.07. The SMILES string of the molecule is CCc1cc(-c2ccc(-c3ccccc3C)[n+](C)c2)ccc1F. The standard InChI is InChI=1S/C21H21FN/c1-4-16-13-17(9-11-20(16)22)18-10-12-21(23(3)14-18)19-8-6-5-7-15(19)2/h5-14H,4H2,1-3H3/q+1. The first-order valence-corrected chi connectivity index (χ1v) is 7.94. The number of rotatable bonds is 3. The molecule has 0 spiro atoms. The van der Waals surface area contributed by atoms with Crippen LogP contribution < -0.4 is 4.57 Å². The summed E-state index contributed by atoms with van der Waals surface area (Å²) < 4.78 is 15.8. The maximum atomic E-state index is 13.7. The van der Waals surface area contributed by atoms with E-state index >= 15 is 0 Å². The highest BCUT2D eigenvalue weighted by molar-refractivity contribution is 5.66. The van der Waals surface area contributed by atoms with Crippen LogP contribution in [0.5, 0.6) is 0 Å². The van der Waals surface area contributed by atoms with Crippen molar-refractivity contribution in [2.75, 3.05) is 0 Å². The molecule has 1 aromatic heterocycles. The van der Waals surface area contributed by atoms with E-state index in [1.54, 1.807) is 6.07 Å². The average Bonchev–Trinajstić information content (AvgIpc) is 2.56. The Hall–Kier alpha value is -2.48. The normalized spacial score (nSPS) is 10.8. The van der Waals surface area contributed by atoms with Gasteiger partial charge in [0.15, 0.2) is 6.20 Å². The van der Waals surface area contributed by atoms with Gasteiger partial charge in [-0.05, 0) is 54.3 Å². The third kappa shape index (κ3) is 3.02. The van der Waals surface area contributed by atoms with Crippen molar-refractivity contribution in [3.63, 3.8) is 0 Å². The Bertz CT molecular complexity index is 852. The molecule has 0 fully saturated rings. The maximum absolute atomic E-state index is 13.7. The van der Waals surface area contributed by atoms with Gasteiger partial charge in [0.1, 0.15) is 12.9 Å². The summed E-state index contributed by atoms with van der Waals surface area (Å²) in [5.74, 6) is -0.128. The minimum absolute atomic E-state index is 0.128. The molecule has 0 amide bonds. The Morgan fingerprint density at radius 2 is 1.70 bits per heavy atom. The summed E-state index contributed by atoms with van der Waals surface area (Å²) >= 11 is 0. The van der Waals surface area contributed by atoms with Crippen molar-refractivity contribution < 1.29 is 8.96 Å². The first kappa shape index (κ1) is 15.4. The Morgan fingerprint density at radius 1 is 0.957 bits per heavy atom. The number of aryl methyl sites for hydroxylation is 3. The highest BCUT2D eigenvalue weighted by Crippen LogP contribution is 2.25. The summed E-state index contributed by atoms with van der Waals surface area (Å²) in [4.78, 5) is 0. The van der Waals surface area contributed by atoms with Gasteiger partial charge < -0.3 is 0 Å². The smallest absolute Gasteiger partial charge is 0.207 e. The van der Waals surface area contributed by atoms with Gasteiger partial charge in [-0.15, -0.1) is 0 Å². The predicted octanol–water partition coefficient (Wildman–Crippen LogP) is 4.86. The van der Waals surface area contributed by atoms with E-state index in [2.05, 4.69) is 61.1 Å². The molecule has 0 aliphatic rings. The lowest BCUT2D eigenvalue weighted by atomic mass is 10.0. The molecule has 116 valence electrons. The van der Waals surface area contributed by atoms with E-state index in [-0.39, 0.29) is 5.82 Å². The minimum atomic E-state index is -0.128. The second-order valence-electron chi connectivity index (χ2n) is 5.89. The molecule has 1 heterocycles. The van der Waals surface area contributed by atoms with Crippen LogP contribution in [-0.4, -0.2) is 0 Å². The molecule has 2 aromatic carbocycles. The fourth-order valence-electron chi connectivity index (χ4n) is 2.94. The second kappa shape index (κ2) is 6.33. The van der Waals surface area contributed by atoms with Gasteiger partial charge in [0.05, 0.1) is 0 Å². The fourth-order valence-corrected chi connectivity index (χ4v) is 2.94. The van der Waals surface area contributed by atoms with Gasteiger partial charge in [-0.2, -0.15) is 0 Å². The molecule has 0 aliphatic carbocycles. The Morgan fingerprint density at radius 3 is 2.39 bits per heavy atom. The molecule has 3 aromatic rings. The lowest BCUT2D eigenvalue weighted by Crippen LogP contribution is -2.30. The van der Waals surface area contributed by atoms with Gasteiger partial charge in [-0.3, -0.25) is 0 Å². The summed E-state index contributed by atoms with van der Waals surface area (Å²) in [5, 5.41) is 0. The zero-order valence-corrected chi connectivity index (χ0v) is 13.8. The minimum Gasteiger partial charge on any atom is -0.207 e. The number of benzene rings is 2. The highest BCUT2D eigenvalue weighted by atomic mass is 19.1. The molecule has 0 radical (unpaired) electrons. The summed E-state index contributed by atoms with van der Waals surface area (Å²) in [6, 6.07) is 18.0. The van der Waals surface area contributed by atoms with Crippen molar-refractivity contribution in [2.45, 2.75) is 20.3 Å². The quantitative estimate of drug-likeness (QED) is 0.609. The van der Waals surface area contributed by atoms with Crippen molar-refractivity contribution in [3.8, 4) is 22.4 Å². The molecule has 0 saturated heterocycles. The molecular weight excluding hydrogens is 285 g/mol. The molecule has 23 heavy (non-hydrogen) atoms. The van der Waals surface area contributed by atoms with Gasteiger partial charge in [0, 0.05) is 17.2 Å². The van der Waals surface area contributed by atoms with E-state index < -0.39 is 0 Å². The number of nitrogens with zero attached hydrogens (tertiary/aromatic N) is 1. The van der Waals surface area contributed by atoms with E-state index in [1.807, 2.05) is 19.1 Å². The fraction of sp³-hybridized carbons (Fsp3) is 0.190. The third-order valence-electron chi connectivity index (χ3n) is 4.31. The second-order valence-corrected chi connectivity index (χ2v) is 5.89. The number of hydrogen-bond acceptors (Lipinski definition) is 0. The van der Waals surface area contributed by atoms with Gasteiger partial charge in [0.25, 0.3) is 0 Å². The highest BCUT2D eigenvalue weighted by Gasteiger charge is 2.14. The molecule has 3 rings (SSSR count). The van der Waals surface area contributed by atoms with E-state index in [4.69, 9.17) is 0 Å². The predicted molar refractivity (Wildman–Crippen MR) is 92.6 cm³/mol. The van der Waals surface area contributed by atoms with Crippen molar-refractivity contribution in [2.24, 2.45) is 7.05 Å². The molecule has 0 bridgehead atoms. The number of halogens is 1. The van der Waals surface area contributed by atoms with Crippen LogP contribution in [0.3, 0.4) is 0 Å². The topological polar surface area (TPSA) is 3.88 Å². The number of hydrogen-bond donors (Lipinski definition) is 0. The van der Waals surface area contributed by atoms with Crippen molar-refractivity contribution in [1.29, 1.82) is 0 Å². The van der Waals surface area contributed by atoms with Crippen LogP contribution in [0.4, 0.5) is 4.39 Å². The van der Waals surface area contributed by atoms with Crippen molar-refractivity contribution in [3.05, 3.63) is 77.7 Å². The molecule has 0 unspecified atom stereocenters. The van der Waals surface area contributed by atoms with Gasteiger partial charge >= 0.3 is 0 Å². The van der Waals surface area contributed by atoms with Gasteiger partial charge in [-0.1, -0.05) is 31.2 Å². The molecule has 0 saturated carbocycles. The summed E-state index contributed by atoms with van der Waals surface area (Å²) in [6.45, 7) is 4.10. The third-order valence-corrected chi connectivity index (χ3v) is 4.31. The van der Waals surface area contributed by atoms with Crippen molar-refractivity contribution >= 4 is 0 Å². The lowest BCUT2D eigenvalue weighted by molar-refractivity contribution is -0.659. The first-order chi connectivity index (χ1) is 11.1. The van der Waals surface area contributed by atoms with Crippen LogP contribution in [-0.2, 0) is 13.5 Å². The van der Waals surface area contributed by atoms with Gasteiger partial charge in [0.2, 0.25) is 5.69 Å². The van der Waals surface area contributed by atoms with Crippen LogP contribution in [0.25, 0.3) is 22.4 Å². The number of pyridine rings is 1. The maximum Gasteiger partial charge on any atom is 0.212 e. The summed E-state index contributed by atoms with van der Waals surface area (Å²) in [7, 11) is 2.05. The Balaban J connectivity index is 2.05. The van der Waals surface area contributed by atoms with E-state index in [0.29, 0.717) is 6.42 Å². The first-order valence-electron chi connectivity index (χ1n) is 7.94. The molecule has 1 nitrogen and oxygen atoms in total. The van der Waals surface area contributed by atoms with Crippen molar-refractivity contribution in [1.82, 2.24) is 0 Å². The zero-order chi connectivity index (χ0) is 16.4. The molecule has 0 N–H and O–H groups in total. The molecule has 0 aliphatic heterocycles. The Kier molecular flexibility index (Phi) is 4.24. The average molecular weight is 306 g/mol. The monoisotopic (exact) mass is 306 g/mol. The number of aromatic nitrogens is 1. The van der Waals surface area contributed by atoms with Crippen LogP contribution in [0, 0.1) is 12.7 Å². The van der Waals surface area contributed by atoms with E-state index in [0.717, 1.165) is 16.7 Å². The van der Waals surface area contributed by atoms with Crippen LogP contribution in [0.2, 0.25) is 0 Å². The van der Waals surface area contributed by atoms with Crippen LogP contribution >= 0.6 is 0 Å². The molecule has 0 atom stereocenters. The summed E-state index contributed by atoms with van der Waals surface area (Å²) in [6.07, 6.45) is 2.81. The van der Waals surface area contributed by atoms with E-state index in [1.165, 1.54) is 16.8 Å². The van der Waals surface area contributed by atoms with E-state index in [9.17, 15) is 4.39 Å². The van der Waals surface area contributed by atoms with Gasteiger partial charge in [-0.25, -0.2) is 8.96 Å². The van der Waals surface area contributed by atoms with Crippen LogP contribution in [0.15, 0.2) is 60.8 Å². The molecule has 2 heteroatoms. The Labute approximate surface area is 137 Å². The van der Waals surface area contributed by atoms with Crippen LogP contribution in [0.1, 0.15) is 18.1 Å². The zero-order valence-electron chi connectivity index (χ0n) is 13.8.